The number of piperidine rings is 1. The lowest BCUT2D eigenvalue weighted by Gasteiger charge is -2.30. The fourth-order valence-electron chi connectivity index (χ4n) is 3.65. The molecule has 128 valence electrons. The second-order valence-corrected chi connectivity index (χ2v) is 6.79. The van der Waals surface area contributed by atoms with E-state index in [0.717, 1.165) is 29.9 Å². The number of quaternary nitrogens is 1. The fourth-order valence-corrected chi connectivity index (χ4v) is 3.65. The van der Waals surface area contributed by atoms with Crippen LogP contribution < -0.4 is 10.3 Å². The van der Waals surface area contributed by atoms with Crippen molar-refractivity contribution in [1.29, 1.82) is 0 Å². The van der Waals surface area contributed by atoms with Crippen LogP contribution in [0.3, 0.4) is 0 Å². The van der Waals surface area contributed by atoms with E-state index in [1.54, 1.807) is 18.2 Å². The third kappa shape index (κ3) is 3.08. The van der Waals surface area contributed by atoms with Crippen molar-refractivity contribution in [3.63, 3.8) is 0 Å². The Kier molecular flexibility index (Phi) is 4.71. The van der Waals surface area contributed by atoms with Crippen LogP contribution in [-0.2, 0) is 11.3 Å². The molecule has 5 nitrogen and oxygen atoms in total. The van der Waals surface area contributed by atoms with Gasteiger partial charge in [0.05, 0.1) is 30.8 Å². The molecular weight excluding hydrogens is 304 g/mol. The van der Waals surface area contributed by atoms with Gasteiger partial charge in [-0.3, -0.25) is 4.79 Å². The molecule has 1 aromatic heterocycles. The highest BCUT2D eigenvalue weighted by Crippen LogP contribution is 2.14. The Bertz CT molecular complexity index is 825. The molecule has 1 aromatic carbocycles. The van der Waals surface area contributed by atoms with Gasteiger partial charge in [-0.05, 0) is 51.3 Å². The SMILES string of the molecule is COC(=O)c1ccc2[nH]c(C)c(C[NH+]3CCCCC3C)c(=O)c2c1. The molecular formula is C19H25N2O3+. The highest BCUT2D eigenvalue weighted by atomic mass is 16.5. The molecule has 3 rings (SSSR count). The smallest absolute Gasteiger partial charge is 0.337 e. The zero-order valence-corrected chi connectivity index (χ0v) is 14.6. The number of hydrogen-bond acceptors (Lipinski definition) is 3. The van der Waals surface area contributed by atoms with Gasteiger partial charge in [-0.1, -0.05) is 0 Å². The zero-order valence-electron chi connectivity index (χ0n) is 14.6. The molecule has 1 aliphatic rings. The number of hydrogen-bond donors (Lipinski definition) is 2. The number of esters is 1. The normalized spacial score (nSPS) is 21.0. The first-order valence-corrected chi connectivity index (χ1v) is 8.59. The molecule has 2 atom stereocenters. The maximum absolute atomic E-state index is 13.0. The van der Waals surface area contributed by atoms with Gasteiger partial charge in [-0.2, -0.15) is 0 Å². The lowest BCUT2D eigenvalue weighted by molar-refractivity contribution is -0.942. The largest absolute Gasteiger partial charge is 0.465 e. The number of methoxy groups -OCH3 is 1. The number of aromatic nitrogens is 1. The number of carbonyl (C=O) groups excluding carboxylic acids is 1. The highest BCUT2D eigenvalue weighted by Gasteiger charge is 2.24. The molecule has 0 radical (unpaired) electrons. The first-order valence-electron chi connectivity index (χ1n) is 8.59. The van der Waals surface area contributed by atoms with E-state index in [4.69, 9.17) is 4.74 Å². The molecule has 2 aromatic rings. The minimum atomic E-state index is -0.422. The Labute approximate surface area is 141 Å². The van der Waals surface area contributed by atoms with E-state index >= 15 is 0 Å². The van der Waals surface area contributed by atoms with E-state index in [-0.39, 0.29) is 5.43 Å². The van der Waals surface area contributed by atoms with Crippen molar-refractivity contribution in [3.8, 4) is 0 Å². The van der Waals surface area contributed by atoms with E-state index in [0.29, 0.717) is 17.0 Å². The molecule has 5 heteroatoms. The number of rotatable bonds is 3. The fraction of sp³-hybridized carbons (Fsp3) is 0.474. The summed E-state index contributed by atoms with van der Waals surface area (Å²) in [6.07, 6.45) is 3.71. The Morgan fingerprint density at radius 3 is 2.88 bits per heavy atom. The van der Waals surface area contributed by atoms with Crippen LogP contribution in [0.5, 0.6) is 0 Å². The van der Waals surface area contributed by atoms with Crippen molar-refractivity contribution >= 4 is 16.9 Å². The quantitative estimate of drug-likeness (QED) is 0.841. The summed E-state index contributed by atoms with van der Waals surface area (Å²) in [7, 11) is 1.35. The number of benzene rings is 1. The summed E-state index contributed by atoms with van der Waals surface area (Å²) in [5.74, 6) is -0.422. The number of fused-ring (bicyclic) bond motifs is 1. The molecule has 1 saturated heterocycles. The third-order valence-electron chi connectivity index (χ3n) is 5.22. The van der Waals surface area contributed by atoms with Gasteiger partial charge in [0, 0.05) is 16.6 Å². The Morgan fingerprint density at radius 1 is 1.38 bits per heavy atom. The number of carbonyl (C=O) groups is 1. The monoisotopic (exact) mass is 329 g/mol. The van der Waals surface area contributed by atoms with E-state index in [1.807, 2.05) is 6.92 Å². The number of aryl methyl sites for hydroxylation is 1. The van der Waals surface area contributed by atoms with Gasteiger partial charge in [0.2, 0.25) is 0 Å². The maximum atomic E-state index is 13.0. The van der Waals surface area contributed by atoms with Gasteiger partial charge >= 0.3 is 5.97 Å². The number of likely N-dealkylation sites (tertiary alicyclic amines) is 1. The van der Waals surface area contributed by atoms with Crippen LogP contribution in [0.15, 0.2) is 23.0 Å². The molecule has 1 aliphatic heterocycles. The van der Waals surface area contributed by atoms with Crippen LogP contribution in [0, 0.1) is 6.92 Å². The zero-order chi connectivity index (χ0) is 17.3. The topological polar surface area (TPSA) is 63.6 Å². The summed E-state index contributed by atoms with van der Waals surface area (Å²) in [6, 6.07) is 5.67. The van der Waals surface area contributed by atoms with Gasteiger partial charge < -0.3 is 14.6 Å². The average molecular weight is 329 g/mol. The van der Waals surface area contributed by atoms with Crippen molar-refractivity contribution in [2.75, 3.05) is 13.7 Å². The van der Waals surface area contributed by atoms with Crippen LogP contribution in [0.1, 0.15) is 47.8 Å². The number of aromatic amines is 1. The summed E-state index contributed by atoms with van der Waals surface area (Å²) < 4.78 is 4.76. The predicted octanol–water partition coefficient (Wildman–Crippen LogP) is 1.58. The molecule has 0 spiro atoms. The lowest BCUT2D eigenvalue weighted by Crippen LogP contribution is -3.15. The molecule has 0 bridgehead atoms. The van der Waals surface area contributed by atoms with Gasteiger partial charge in [-0.25, -0.2) is 4.79 Å². The van der Waals surface area contributed by atoms with Crippen molar-refractivity contribution in [2.24, 2.45) is 0 Å². The molecule has 1 fully saturated rings. The molecule has 24 heavy (non-hydrogen) atoms. The maximum Gasteiger partial charge on any atom is 0.337 e. The van der Waals surface area contributed by atoms with Crippen LogP contribution in [-0.4, -0.2) is 30.6 Å². The molecule has 2 N–H and O–H groups in total. The number of pyridine rings is 1. The molecule has 2 unspecified atom stereocenters. The number of ether oxygens (including phenoxy) is 1. The molecule has 0 saturated carbocycles. The van der Waals surface area contributed by atoms with E-state index in [2.05, 4.69) is 11.9 Å². The van der Waals surface area contributed by atoms with Gasteiger partial charge in [0.15, 0.2) is 5.43 Å². The summed E-state index contributed by atoms with van der Waals surface area (Å²) in [5, 5.41) is 0.558. The number of nitrogens with one attached hydrogen (secondary N) is 2. The van der Waals surface area contributed by atoms with Gasteiger partial charge in [0.25, 0.3) is 0 Å². The Balaban J connectivity index is 2.04. The number of H-pyrrole nitrogens is 1. The van der Waals surface area contributed by atoms with Crippen LogP contribution >= 0.6 is 0 Å². The molecule has 2 heterocycles. The standard InChI is InChI=1S/C19H24N2O3/c1-12-6-4-5-9-21(12)11-16-13(2)20-17-8-7-14(19(23)24-3)10-15(17)18(16)22/h7-8,10,12H,4-6,9,11H2,1-3H3,(H,20,22)/p+1. The summed E-state index contributed by atoms with van der Waals surface area (Å²) >= 11 is 0. The Hall–Kier alpha value is -2.14. The average Bonchev–Trinajstić information content (AvgIpc) is 2.59. The van der Waals surface area contributed by atoms with Crippen LogP contribution in [0.2, 0.25) is 0 Å². The van der Waals surface area contributed by atoms with Gasteiger partial charge in [0.1, 0.15) is 6.54 Å². The first kappa shape index (κ1) is 16.7. The van der Waals surface area contributed by atoms with Gasteiger partial charge in [-0.15, -0.1) is 0 Å². The second-order valence-electron chi connectivity index (χ2n) is 6.79. The molecule has 0 aliphatic carbocycles. The van der Waals surface area contributed by atoms with E-state index in [1.165, 1.54) is 31.3 Å². The Morgan fingerprint density at radius 2 is 2.17 bits per heavy atom. The van der Waals surface area contributed by atoms with Crippen molar-refractivity contribution in [2.45, 2.75) is 45.7 Å². The van der Waals surface area contributed by atoms with Crippen molar-refractivity contribution in [1.82, 2.24) is 4.98 Å². The van der Waals surface area contributed by atoms with E-state index < -0.39 is 5.97 Å². The first-order chi connectivity index (χ1) is 11.5. The minimum absolute atomic E-state index is 0.0253. The van der Waals surface area contributed by atoms with Crippen LogP contribution in [0.25, 0.3) is 10.9 Å². The summed E-state index contributed by atoms with van der Waals surface area (Å²) in [6.45, 7) is 6.06. The van der Waals surface area contributed by atoms with Crippen LogP contribution in [0.4, 0.5) is 0 Å². The summed E-state index contributed by atoms with van der Waals surface area (Å²) in [5.41, 5.74) is 2.94. The van der Waals surface area contributed by atoms with Crippen molar-refractivity contribution < 1.29 is 14.4 Å². The third-order valence-corrected chi connectivity index (χ3v) is 5.22. The van der Waals surface area contributed by atoms with Crippen molar-refractivity contribution in [3.05, 3.63) is 45.2 Å². The predicted molar refractivity (Wildman–Crippen MR) is 93.5 cm³/mol. The van der Waals surface area contributed by atoms with E-state index in [9.17, 15) is 9.59 Å². The highest BCUT2D eigenvalue weighted by molar-refractivity contribution is 5.94. The molecule has 0 amide bonds. The minimum Gasteiger partial charge on any atom is -0.465 e. The summed E-state index contributed by atoms with van der Waals surface area (Å²) in [4.78, 5) is 29.5. The lowest BCUT2D eigenvalue weighted by atomic mass is 10.0. The second kappa shape index (κ2) is 6.77.